The molecule has 0 aliphatic heterocycles. The van der Waals surface area contributed by atoms with Crippen LogP contribution in [-0.4, -0.2) is 26.9 Å². The summed E-state index contributed by atoms with van der Waals surface area (Å²) in [6.07, 6.45) is 7.69. The summed E-state index contributed by atoms with van der Waals surface area (Å²) in [5, 5.41) is 11.9. The number of nitrogens with zero attached hydrogens (tertiary/aromatic N) is 2. The van der Waals surface area contributed by atoms with Crippen LogP contribution in [0.25, 0.3) is 0 Å². The number of carbonyl (C=O) groups excluding carboxylic acids is 1. The van der Waals surface area contributed by atoms with E-state index < -0.39 is 0 Å². The zero-order valence-corrected chi connectivity index (χ0v) is 16.5. The van der Waals surface area contributed by atoms with Gasteiger partial charge >= 0.3 is 0 Å². The molecular formula is C19H29N3O2S. The maximum absolute atomic E-state index is 12.8. The summed E-state index contributed by atoms with van der Waals surface area (Å²) < 4.78 is 5.72. The number of amides is 1. The van der Waals surface area contributed by atoms with Crippen molar-refractivity contribution >= 4 is 17.7 Å². The Balaban J connectivity index is 1.39. The summed E-state index contributed by atoms with van der Waals surface area (Å²) in [4.78, 5) is 12.8. The quantitative estimate of drug-likeness (QED) is 0.821. The van der Waals surface area contributed by atoms with Crippen LogP contribution in [0, 0.1) is 17.8 Å². The maximum atomic E-state index is 12.8. The molecule has 1 unspecified atom stereocenters. The van der Waals surface area contributed by atoms with E-state index in [1.165, 1.54) is 50.3 Å². The molecule has 0 saturated heterocycles. The molecule has 4 saturated carbocycles. The monoisotopic (exact) mass is 363 g/mol. The Morgan fingerprint density at radius 3 is 2.20 bits per heavy atom. The lowest BCUT2D eigenvalue weighted by Crippen LogP contribution is -2.60. The van der Waals surface area contributed by atoms with Gasteiger partial charge in [-0.25, -0.2) is 0 Å². The number of aromatic nitrogens is 2. The SMILES string of the molecule is CC(Sc1nnc(C(C)(C)C)o1)C(=O)NC12CC3CC(CC(C3)C1)C2. The van der Waals surface area contributed by atoms with Crippen LogP contribution in [0.1, 0.15) is 72.1 Å². The number of carbonyl (C=O) groups is 1. The fraction of sp³-hybridized carbons (Fsp3) is 0.842. The van der Waals surface area contributed by atoms with Crippen molar-refractivity contribution in [3.05, 3.63) is 5.89 Å². The van der Waals surface area contributed by atoms with Gasteiger partial charge in [0.15, 0.2) is 0 Å². The van der Waals surface area contributed by atoms with Crippen molar-refractivity contribution in [3.63, 3.8) is 0 Å². The van der Waals surface area contributed by atoms with E-state index in [0.29, 0.717) is 11.1 Å². The molecule has 0 aromatic carbocycles. The number of hydrogen-bond acceptors (Lipinski definition) is 5. The average Bonchev–Trinajstić information content (AvgIpc) is 2.93. The van der Waals surface area contributed by atoms with Gasteiger partial charge in [0.25, 0.3) is 5.22 Å². The van der Waals surface area contributed by atoms with E-state index in [1.807, 2.05) is 27.7 Å². The summed E-state index contributed by atoms with van der Waals surface area (Å²) in [5.41, 5.74) is -0.109. The molecular weight excluding hydrogens is 334 g/mol. The molecule has 1 amide bonds. The van der Waals surface area contributed by atoms with Crippen LogP contribution in [0.3, 0.4) is 0 Å². The predicted octanol–water partition coefficient (Wildman–Crippen LogP) is 3.93. The van der Waals surface area contributed by atoms with Crippen LogP contribution in [0.15, 0.2) is 9.64 Å². The molecule has 1 aromatic rings. The Hall–Kier alpha value is -1.04. The number of rotatable bonds is 4. The molecule has 4 aliphatic rings. The zero-order chi connectivity index (χ0) is 17.8. The summed E-state index contributed by atoms with van der Waals surface area (Å²) >= 11 is 1.36. The summed E-state index contributed by atoms with van der Waals surface area (Å²) in [5.74, 6) is 3.23. The fourth-order valence-corrected chi connectivity index (χ4v) is 6.08. The normalized spacial score (nSPS) is 35.0. The van der Waals surface area contributed by atoms with Gasteiger partial charge in [-0.05, 0) is 63.2 Å². The third kappa shape index (κ3) is 3.46. The van der Waals surface area contributed by atoms with E-state index in [2.05, 4.69) is 15.5 Å². The Morgan fingerprint density at radius 2 is 1.72 bits per heavy atom. The topological polar surface area (TPSA) is 68.0 Å². The first-order valence-corrected chi connectivity index (χ1v) is 10.4. The molecule has 0 spiro atoms. The summed E-state index contributed by atoms with van der Waals surface area (Å²) in [6, 6.07) is 0. The zero-order valence-electron chi connectivity index (χ0n) is 15.7. The first-order valence-electron chi connectivity index (χ1n) is 9.55. The van der Waals surface area contributed by atoms with Gasteiger partial charge in [-0.1, -0.05) is 32.5 Å². The van der Waals surface area contributed by atoms with Crippen molar-refractivity contribution < 1.29 is 9.21 Å². The summed E-state index contributed by atoms with van der Waals surface area (Å²) in [6.45, 7) is 8.05. The van der Waals surface area contributed by atoms with Crippen LogP contribution in [0.5, 0.6) is 0 Å². The van der Waals surface area contributed by atoms with Crippen LogP contribution in [-0.2, 0) is 10.2 Å². The molecule has 1 heterocycles. The number of nitrogens with one attached hydrogen (secondary N) is 1. The largest absolute Gasteiger partial charge is 0.415 e. The lowest BCUT2D eigenvalue weighted by atomic mass is 9.53. The van der Waals surface area contributed by atoms with E-state index in [-0.39, 0.29) is 22.1 Å². The van der Waals surface area contributed by atoms with Gasteiger partial charge in [0, 0.05) is 11.0 Å². The Bertz CT molecular complexity index is 629. The van der Waals surface area contributed by atoms with Gasteiger partial charge in [0.2, 0.25) is 11.8 Å². The highest BCUT2D eigenvalue weighted by Gasteiger charge is 2.51. The van der Waals surface area contributed by atoms with Gasteiger partial charge < -0.3 is 9.73 Å². The molecule has 4 aliphatic carbocycles. The van der Waals surface area contributed by atoms with Crippen LogP contribution in [0.2, 0.25) is 0 Å². The first kappa shape index (κ1) is 17.4. The molecule has 1 N–H and O–H groups in total. The van der Waals surface area contributed by atoms with Crippen molar-refractivity contribution in [2.75, 3.05) is 0 Å². The second-order valence-electron chi connectivity index (χ2n) is 9.57. The van der Waals surface area contributed by atoms with Gasteiger partial charge in [-0.3, -0.25) is 4.79 Å². The smallest absolute Gasteiger partial charge is 0.277 e. The molecule has 1 aromatic heterocycles. The van der Waals surface area contributed by atoms with Crippen LogP contribution < -0.4 is 5.32 Å². The van der Waals surface area contributed by atoms with Gasteiger partial charge in [-0.2, -0.15) is 0 Å². The minimum atomic E-state index is -0.221. The summed E-state index contributed by atoms with van der Waals surface area (Å²) in [7, 11) is 0. The van der Waals surface area contributed by atoms with Gasteiger partial charge in [0.05, 0.1) is 5.25 Å². The van der Waals surface area contributed by atoms with Gasteiger partial charge in [-0.15, -0.1) is 10.2 Å². The van der Waals surface area contributed by atoms with Crippen molar-refractivity contribution in [3.8, 4) is 0 Å². The van der Waals surface area contributed by atoms with Crippen molar-refractivity contribution in [1.82, 2.24) is 15.5 Å². The Morgan fingerprint density at radius 1 is 1.16 bits per heavy atom. The maximum Gasteiger partial charge on any atom is 0.277 e. The predicted molar refractivity (Wildman–Crippen MR) is 97.4 cm³/mol. The van der Waals surface area contributed by atoms with E-state index in [4.69, 9.17) is 4.42 Å². The average molecular weight is 364 g/mol. The lowest BCUT2D eigenvalue weighted by molar-refractivity contribution is -0.126. The minimum Gasteiger partial charge on any atom is -0.415 e. The van der Waals surface area contributed by atoms with Gasteiger partial charge in [0.1, 0.15) is 0 Å². The molecule has 138 valence electrons. The van der Waals surface area contributed by atoms with E-state index in [9.17, 15) is 4.79 Å². The second kappa shape index (κ2) is 6.00. The van der Waals surface area contributed by atoms with Crippen LogP contribution in [0.4, 0.5) is 0 Å². The molecule has 4 fully saturated rings. The van der Waals surface area contributed by atoms with Crippen molar-refractivity contribution in [2.24, 2.45) is 17.8 Å². The molecule has 0 radical (unpaired) electrons. The number of hydrogen-bond donors (Lipinski definition) is 1. The third-order valence-electron chi connectivity index (χ3n) is 6.12. The fourth-order valence-electron chi connectivity index (χ4n) is 5.39. The third-order valence-corrected chi connectivity index (χ3v) is 7.06. The van der Waals surface area contributed by atoms with Crippen LogP contribution >= 0.6 is 11.8 Å². The second-order valence-corrected chi connectivity index (χ2v) is 10.9. The highest BCUT2D eigenvalue weighted by Crippen LogP contribution is 2.55. The molecule has 25 heavy (non-hydrogen) atoms. The van der Waals surface area contributed by atoms with E-state index in [0.717, 1.165) is 17.8 Å². The van der Waals surface area contributed by atoms with Crippen molar-refractivity contribution in [1.29, 1.82) is 0 Å². The molecule has 5 rings (SSSR count). The Kier molecular flexibility index (Phi) is 4.17. The Labute approximate surface area is 154 Å². The van der Waals surface area contributed by atoms with Crippen molar-refractivity contribution in [2.45, 2.75) is 87.6 Å². The first-order chi connectivity index (χ1) is 11.7. The van der Waals surface area contributed by atoms with E-state index >= 15 is 0 Å². The number of thioether (sulfide) groups is 1. The highest BCUT2D eigenvalue weighted by atomic mass is 32.2. The molecule has 1 atom stereocenters. The lowest BCUT2D eigenvalue weighted by Gasteiger charge is -2.57. The molecule has 5 nitrogen and oxygen atoms in total. The molecule has 6 heteroatoms. The molecule has 4 bridgehead atoms. The van der Waals surface area contributed by atoms with E-state index in [1.54, 1.807) is 0 Å². The highest BCUT2D eigenvalue weighted by molar-refractivity contribution is 8.00. The standard InChI is InChI=1S/C19H29N3O2S/c1-11(25-17-22-21-16(24-17)18(2,3)4)15(23)20-19-8-12-5-13(9-19)7-14(6-12)10-19/h11-14H,5-10H2,1-4H3,(H,20,23). The minimum absolute atomic E-state index is 0.0616.